The topological polar surface area (TPSA) is 37.3 Å². The summed E-state index contributed by atoms with van der Waals surface area (Å²) in [7, 11) is 0. The molecule has 0 aromatic heterocycles. The van der Waals surface area contributed by atoms with Crippen LogP contribution in [0.5, 0.6) is 0 Å². The van der Waals surface area contributed by atoms with E-state index in [1.54, 1.807) is 6.08 Å². The molecule has 2 atom stereocenters. The fourth-order valence-corrected chi connectivity index (χ4v) is 2.41. The van der Waals surface area contributed by atoms with Gasteiger partial charge in [0, 0.05) is 0 Å². The molecule has 2 rings (SSSR count). The summed E-state index contributed by atoms with van der Waals surface area (Å²) in [6, 6.07) is 0. The molecule has 1 saturated carbocycles. The lowest BCUT2D eigenvalue weighted by Crippen LogP contribution is -2.32. The minimum Gasteiger partial charge on any atom is -0.385 e. The van der Waals surface area contributed by atoms with Crippen molar-refractivity contribution in [2.45, 2.75) is 38.7 Å². The summed E-state index contributed by atoms with van der Waals surface area (Å²) in [6.45, 7) is 2.15. The molecule has 2 heteroatoms. The zero-order chi connectivity index (χ0) is 8.77. The summed E-state index contributed by atoms with van der Waals surface area (Å²) in [5.41, 5.74) is 1.39. The summed E-state index contributed by atoms with van der Waals surface area (Å²) in [6.07, 6.45) is 4.91. The Kier molecular flexibility index (Phi) is 1.62. The summed E-state index contributed by atoms with van der Waals surface area (Å²) in [5.74, 6) is -0.0932. The van der Waals surface area contributed by atoms with Crippen LogP contribution in [0.25, 0.3) is 0 Å². The number of hydrogen-bond donors (Lipinski definition) is 1. The van der Waals surface area contributed by atoms with E-state index in [-0.39, 0.29) is 11.2 Å². The first-order chi connectivity index (χ1) is 5.62. The Morgan fingerprint density at radius 3 is 3.17 bits per heavy atom. The van der Waals surface area contributed by atoms with Crippen molar-refractivity contribution in [2.24, 2.45) is 5.41 Å². The molecule has 0 aromatic carbocycles. The fraction of sp³-hybridized carbons (Fsp3) is 0.700. The number of carbonyl (C=O) groups excluding carboxylic acids is 1. The second-order valence-corrected chi connectivity index (χ2v) is 4.21. The van der Waals surface area contributed by atoms with E-state index in [4.69, 9.17) is 0 Å². The highest BCUT2D eigenvalue weighted by Crippen LogP contribution is 2.48. The van der Waals surface area contributed by atoms with Crippen LogP contribution >= 0.6 is 0 Å². The Balaban J connectivity index is 2.35. The summed E-state index contributed by atoms with van der Waals surface area (Å²) < 4.78 is 0. The van der Waals surface area contributed by atoms with Gasteiger partial charge in [0.15, 0.2) is 5.78 Å². The smallest absolute Gasteiger partial charge is 0.184 e. The third-order valence-electron chi connectivity index (χ3n) is 3.24. The molecule has 0 radical (unpaired) electrons. The highest BCUT2D eigenvalue weighted by molar-refractivity contribution is 5.95. The van der Waals surface area contributed by atoms with Crippen molar-refractivity contribution >= 4 is 5.78 Å². The van der Waals surface area contributed by atoms with Gasteiger partial charge in [-0.15, -0.1) is 0 Å². The maximum absolute atomic E-state index is 11.2. The van der Waals surface area contributed by atoms with Crippen molar-refractivity contribution in [1.82, 2.24) is 0 Å². The van der Waals surface area contributed by atoms with Gasteiger partial charge < -0.3 is 5.11 Å². The van der Waals surface area contributed by atoms with Crippen molar-refractivity contribution in [3.8, 4) is 0 Å². The largest absolute Gasteiger partial charge is 0.385 e. The monoisotopic (exact) mass is 166 g/mol. The lowest BCUT2D eigenvalue weighted by atomic mass is 9.74. The second kappa shape index (κ2) is 2.43. The Bertz CT molecular complexity index is 255. The van der Waals surface area contributed by atoms with Crippen LogP contribution in [0.15, 0.2) is 11.6 Å². The average Bonchev–Trinajstić information content (AvgIpc) is 2.32. The van der Waals surface area contributed by atoms with Gasteiger partial charge in [0.05, 0.1) is 0 Å². The molecule has 0 heterocycles. The van der Waals surface area contributed by atoms with Gasteiger partial charge in [-0.2, -0.15) is 0 Å². The maximum Gasteiger partial charge on any atom is 0.184 e. The van der Waals surface area contributed by atoms with Gasteiger partial charge in [-0.25, -0.2) is 0 Å². The SMILES string of the molecule is C[C@@]12CCCC1=CC(=O)C(O)C2. The number of ketones is 1. The van der Waals surface area contributed by atoms with Gasteiger partial charge in [0.2, 0.25) is 0 Å². The highest BCUT2D eigenvalue weighted by Gasteiger charge is 2.40. The van der Waals surface area contributed by atoms with Gasteiger partial charge in [-0.05, 0) is 37.2 Å². The molecule has 2 aliphatic rings. The minimum absolute atomic E-state index is 0.0932. The first-order valence-electron chi connectivity index (χ1n) is 4.55. The van der Waals surface area contributed by atoms with Crippen LogP contribution in [0.1, 0.15) is 32.6 Å². The maximum atomic E-state index is 11.2. The number of fused-ring (bicyclic) bond motifs is 1. The van der Waals surface area contributed by atoms with Crippen LogP contribution in [0.2, 0.25) is 0 Å². The minimum atomic E-state index is -0.739. The van der Waals surface area contributed by atoms with E-state index in [0.717, 1.165) is 12.8 Å². The normalized spacial score (nSPS) is 41.0. The molecule has 0 amide bonds. The molecule has 0 bridgehead atoms. The zero-order valence-corrected chi connectivity index (χ0v) is 7.34. The Labute approximate surface area is 72.3 Å². The van der Waals surface area contributed by atoms with Crippen molar-refractivity contribution in [2.75, 3.05) is 0 Å². The Hall–Kier alpha value is -0.630. The van der Waals surface area contributed by atoms with Gasteiger partial charge in [0.1, 0.15) is 6.10 Å². The Morgan fingerprint density at radius 1 is 1.67 bits per heavy atom. The summed E-state index contributed by atoms with van der Waals surface area (Å²) >= 11 is 0. The molecule has 1 fully saturated rings. The van der Waals surface area contributed by atoms with Gasteiger partial charge >= 0.3 is 0 Å². The molecule has 0 saturated heterocycles. The summed E-state index contributed by atoms with van der Waals surface area (Å²) in [4.78, 5) is 11.2. The molecule has 2 aliphatic carbocycles. The fourth-order valence-electron chi connectivity index (χ4n) is 2.41. The zero-order valence-electron chi connectivity index (χ0n) is 7.34. The van der Waals surface area contributed by atoms with Crippen molar-refractivity contribution in [3.63, 3.8) is 0 Å². The molecular weight excluding hydrogens is 152 g/mol. The van der Waals surface area contributed by atoms with E-state index in [0.29, 0.717) is 6.42 Å². The molecule has 0 aromatic rings. The molecule has 0 aliphatic heterocycles. The molecular formula is C10H14O2. The summed E-state index contributed by atoms with van der Waals surface area (Å²) in [5, 5.41) is 9.40. The van der Waals surface area contributed by atoms with Crippen LogP contribution in [-0.2, 0) is 4.79 Å². The molecule has 2 nitrogen and oxygen atoms in total. The molecule has 1 N–H and O–H groups in total. The highest BCUT2D eigenvalue weighted by atomic mass is 16.3. The predicted octanol–water partition coefficient (Wildman–Crippen LogP) is 1.44. The van der Waals surface area contributed by atoms with Gasteiger partial charge in [0.25, 0.3) is 0 Å². The standard InChI is InChI=1S/C10H14O2/c1-10-4-2-3-7(10)5-8(11)9(12)6-10/h5,9,12H,2-4,6H2,1H3/t9?,10-/m0/s1. The van der Waals surface area contributed by atoms with Crippen LogP contribution < -0.4 is 0 Å². The van der Waals surface area contributed by atoms with Crippen LogP contribution in [0, 0.1) is 5.41 Å². The van der Waals surface area contributed by atoms with E-state index in [9.17, 15) is 9.90 Å². The first-order valence-corrected chi connectivity index (χ1v) is 4.55. The average molecular weight is 166 g/mol. The lowest BCUT2D eigenvalue weighted by Gasteiger charge is -2.31. The van der Waals surface area contributed by atoms with E-state index in [2.05, 4.69) is 6.92 Å². The van der Waals surface area contributed by atoms with Crippen molar-refractivity contribution in [1.29, 1.82) is 0 Å². The van der Waals surface area contributed by atoms with Crippen LogP contribution in [0.3, 0.4) is 0 Å². The number of rotatable bonds is 0. The molecule has 66 valence electrons. The first kappa shape index (κ1) is 7.99. The number of carbonyl (C=O) groups is 1. The van der Waals surface area contributed by atoms with Gasteiger partial charge in [-0.1, -0.05) is 12.5 Å². The number of aliphatic hydroxyl groups excluding tert-OH is 1. The van der Waals surface area contributed by atoms with E-state index in [1.165, 1.54) is 12.0 Å². The van der Waals surface area contributed by atoms with Crippen molar-refractivity contribution < 1.29 is 9.90 Å². The van der Waals surface area contributed by atoms with Gasteiger partial charge in [-0.3, -0.25) is 4.79 Å². The number of allylic oxidation sites excluding steroid dienone is 1. The number of aliphatic hydroxyl groups is 1. The van der Waals surface area contributed by atoms with E-state index >= 15 is 0 Å². The third kappa shape index (κ3) is 1.02. The second-order valence-electron chi connectivity index (χ2n) is 4.21. The Morgan fingerprint density at radius 2 is 2.42 bits per heavy atom. The van der Waals surface area contributed by atoms with E-state index < -0.39 is 6.10 Å². The quantitative estimate of drug-likeness (QED) is 0.591. The van der Waals surface area contributed by atoms with Crippen LogP contribution in [-0.4, -0.2) is 17.0 Å². The third-order valence-corrected chi connectivity index (χ3v) is 3.24. The van der Waals surface area contributed by atoms with E-state index in [1.807, 2.05) is 0 Å². The lowest BCUT2D eigenvalue weighted by molar-refractivity contribution is -0.124. The molecule has 0 spiro atoms. The number of hydrogen-bond acceptors (Lipinski definition) is 2. The molecule has 1 unspecified atom stereocenters. The van der Waals surface area contributed by atoms with Crippen molar-refractivity contribution in [3.05, 3.63) is 11.6 Å². The van der Waals surface area contributed by atoms with Crippen LogP contribution in [0.4, 0.5) is 0 Å². The predicted molar refractivity (Wildman–Crippen MR) is 45.7 cm³/mol. The molecule has 12 heavy (non-hydrogen) atoms.